The average molecular weight is 440 g/mol. The number of furan rings is 1. The van der Waals surface area contributed by atoms with Gasteiger partial charge in [-0.25, -0.2) is 0 Å². The quantitative estimate of drug-likeness (QED) is 0.637. The normalized spacial score (nSPS) is 16.6. The second-order valence-corrected chi connectivity index (χ2v) is 8.48. The molecule has 1 fully saturated rings. The van der Waals surface area contributed by atoms with Crippen molar-refractivity contribution in [2.45, 2.75) is 39.3 Å². The molecule has 0 bridgehead atoms. The maximum atomic E-state index is 12.6. The molecule has 7 nitrogen and oxygen atoms in total. The highest BCUT2D eigenvalue weighted by atomic mass is 32.1. The van der Waals surface area contributed by atoms with Gasteiger partial charge in [-0.15, -0.1) is 11.3 Å². The molecule has 1 aliphatic rings. The summed E-state index contributed by atoms with van der Waals surface area (Å²) in [5.74, 6) is 0.338. The first-order chi connectivity index (χ1) is 15.0. The number of thiazole rings is 1. The Bertz CT molecular complexity index is 1150. The minimum Gasteiger partial charge on any atom is -0.454 e. The van der Waals surface area contributed by atoms with Gasteiger partial charge in [0.1, 0.15) is 5.76 Å². The van der Waals surface area contributed by atoms with Gasteiger partial charge in [-0.3, -0.25) is 9.59 Å². The Morgan fingerprint density at radius 1 is 1.26 bits per heavy atom. The number of nitrogens with one attached hydrogen (secondary N) is 1. The molecule has 1 N–H and O–H groups in total. The summed E-state index contributed by atoms with van der Waals surface area (Å²) in [6.07, 6.45) is 2.07. The number of aryl methyl sites for hydroxylation is 2. The van der Waals surface area contributed by atoms with E-state index in [2.05, 4.69) is 10.3 Å². The van der Waals surface area contributed by atoms with Gasteiger partial charge in [-0.1, -0.05) is 17.7 Å². The first kappa shape index (κ1) is 21.3. The monoisotopic (exact) mass is 439 g/mol. The fraction of sp³-hybridized carbons (Fsp3) is 0.348. The van der Waals surface area contributed by atoms with Crippen molar-refractivity contribution >= 4 is 23.2 Å². The maximum absolute atomic E-state index is 12.6. The fourth-order valence-electron chi connectivity index (χ4n) is 3.46. The van der Waals surface area contributed by atoms with E-state index in [1.165, 1.54) is 11.3 Å². The largest absolute Gasteiger partial charge is 0.454 e. The van der Waals surface area contributed by atoms with E-state index in [1.807, 2.05) is 42.0 Å². The SMILES string of the molecule is Cc1cccc(C(=O)N=c2scc(C)n2Cc2ccc(C(=O)NC[C@@H]3CCCO3)o2)c1. The predicted octanol–water partition coefficient (Wildman–Crippen LogP) is 3.46. The van der Waals surface area contributed by atoms with Gasteiger partial charge in [0.15, 0.2) is 10.6 Å². The zero-order valence-corrected chi connectivity index (χ0v) is 18.4. The molecular formula is C23H25N3O4S. The van der Waals surface area contributed by atoms with Gasteiger partial charge in [0.2, 0.25) is 0 Å². The number of nitrogens with zero attached hydrogens (tertiary/aromatic N) is 2. The molecule has 1 aliphatic heterocycles. The van der Waals surface area contributed by atoms with Crippen LogP contribution in [0, 0.1) is 13.8 Å². The molecule has 3 heterocycles. The Kier molecular flexibility index (Phi) is 6.48. The lowest BCUT2D eigenvalue weighted by Gasteiger charge is -2.09. The van der Waals surface area contributed by atoms with Crippen LogP contribution in [0.3, 0.4) is 0 Å². The Balaban J connectivity index is 1.47. The van der Waals surface area contributed by atoms with Crippen molar-refractivity contribution in [3.8, 4) is 0 Å². The van der Waals surface area contributed by atoms with Crippen LogP contribution < -0.4 is 10.1 Å². The van der Waals surface area contributed by atoms with Gasteiger partial charge in [-0.2, -0.15) is 4.99 Å². The molecule has 8 heteroatoms. The van der Waals surface area contributed by atoms with E-state index in [0.717, 1.165) is 30.7 Å². The summed E-state index contributed by atoms with van der Waals surface area (Å²) in [5, 5.41) is 4.80. The van der Waals surface area contributed by atoms with Gasteiger partial charge in [0, 0.05) is 29.8 Å². The van der Waals surface area contributed by atoms with Crippen LogP contribution in [-0.4, -0.2) is 35.6 Å². The maximum Gasteiger partial charge on any atom is 0.287 e. The Hall–Kier alpha value is -2.97. The molecule has 31 heavy (non-hydrogen) atoms. The molecule has 0 saturated carbocycles. The number of carbonyl (C=O) groups excluding carboxylic acids is 2. The van der Waals surface area contributed by atoms with E-state index in [-0.39, 0.29) is 23.7 Å². The summed E-state index contributed by atoms with van der Waals surface area (Å²) >= 11 is 1.40. The van der Waals surface area contributed by atoms with Crippen LogP contribution in [-0.2, 0) is 11.3 Å². The topological polar surface area (TPSA) is 85.8 Å². The first-order valence-electron chi connectivity index (χ1n) is 10.3. The van der Waals surface area contributed by atoms with Crippen LogP contribution in [0.4, 0.5) is 0 Å². The Morgan fingerprint density at radius 2 is 2.13 bits per heavy atom. The number of aromatic nitrogens is 1. The first-order valence-corrected chi connectivity index (χ1v) is 11.2. The third kappa shape index (κ3) is 5.21. The molecule has 0 spiro atoms. The van der Waals surface area contributed by atoms with E-state index in [0.29, 0.717) is 29.2 Å². The molecule has 3 aromatic rings. The lowest BCUT2D eigenvalue weighted by molar-refractivity contribution is 0.0833. The standard InChI is InChI=1S/C23H25N3O4S/c1-15-5-3-6-17(11-15)21(27)25-23-26(16(2)14-31-23)13-19-8-9-20(30-19)22(28)24-12-18-7-4-10-29-18/h3,5-6,8-9,11,14,18H,4,7,10,12-13H2,1-2H3,(H,24,28)/t18-/m0/s1. The van der Waals surface area contributed by atoms with Crippen LogP contribution in [0.5, 0.6) is 0 Å². The fourth-order valence-corrected chi connectivity index (χ4v) is 4.34. The summed E-state index contributed by atoms with van der Waals surface area (Å²) < 4.78 is 13.2. The summed E-state index contributed by atoms with van der Waals surface area (Å²) in [6.45, 7) is 5.51. The van der Waals surface area contributed by atoms with Gasteiger partial charge in [0.25, 0.3) is 11.8 Å². The molecule has 2 amide bonds. The van der Waals surface area contributed by atoms with Crippen LogP contribution >= 0.6 is 11.3 Å². The van der Waals surface area contributed by atoms with Crippen LogP contribution in [0.2, 0.25) is 0 Å². The highest BCUT2D eigenvalue weighted by Gasteiger charge is 2.18. The summed E-state index contributed by atoms with van der Waals surface area (Å²) in [4.78, 5) is 29.8. The van der Waals surface area contributed by atoms with Gasteiger partial charge >= 0.3 is 0 Å². The van der Waals surface area contributed by atoms with E-state index < -0.39 is 0 Å². The molecule has 2 aromatic heterocycles. The van der Waals surface area contributed by atoms with Crippen molar-refractivity contribution in [1.82, 2.24) is 9.88 Å². The van der Waals surface area contributed by atoms with Gasteiger partial charge in [0.05, 0.1) is 12.6 Å². The minimum atomic E-state index is -0.284. The molecule has 1 saturated heterocycles. The molecule has 0 radical (unpaired) electrons. The van der Waals surface area contributed by atoms with E-state index in [4.69, 9.17) is 9.15 Å². The van der Waals surface area contributed by atoms with Gasteiger partial charge in [-0.05, 0) is 51.0 Å². The van der Waals surface area contributed by atoms with Crippen molar-refractivity contribution in [3.63, 3.8) is 0 Å². The highest BCUT2D eigenvalue weighted by Crippen LogP contribution is 2.14. The minimum absolute atomic E-state index is 0.0810. The summed E-state index contributed by atoms with van der Waals surface area (Å²) in [5.41, 5.74) is 2.53. The number of rotatable bonds is 6. The van der Waals surface area contributed by atoms with Crippen molar-refractivity contribution in [3.05, 3.63) is 74.9 Å². The highest BCUT2D eigenvalue weighted by molar-refractivity contribution is 7.07. The summed E-state index contributed by atoms with van der Waals surface area (Å²) in [7, 11) is 0. The van der Waals surface area contributed by atoms with Gasteiger partial charge < -0.3 is 19.0 Å². The number of hydrogen-bond acceptors (Lipinski definition) is 5. The molecule has 1 aromatic carbocycles. The molecule has 4 rings (SSSR count). The Morgan fingerprint density at radius 3 is 2.90 bits per heavy atom. The Labute approximate surface area is 184 Å². The van der Waals surface area contributed by atoms with Crippen molar-refractivity contribution in [1.29, 1.82) is 0 Å². The number of benzene rings is 1. The number of amides is 2. The number of carbonyl (C=O) groups is 2. The zero-order chi connectivity index (χ0) is 21.8. The molecule has 0 aliphatic carbocycles. The number of hydrogen-bond donors (Lipinski definition) is 1. The summed E-state index contributed by atoms with van der Waals surface area (Å²) in [6, 6.07) is 10.8. The smallest absolute Gasteiger partial charge is 0.287 e. The average Bonchev–Trinajstić information content (AvgIpc) is 3.51. The molecule has 0 unspecified atom stereocenters. The second-order valence-electron chi connectivity index (χ2n) is 7.64. The molecule has 162 valence electrons. The second kappa shape index (κ2) is 9.45. The lowest BCUT2D eigenvalue weighted by atomic mass is 10.1. The lowest BCUT2D eigenvalue weighted by Crippen LogP contribution is -2.31. The molecular weight excluding hydrogens is 414 g/mol. The third-order valence-corrected chi connectivity index (χ3v) is 6.15. The zero-order valence-electron chi connectivity index (χ0n) is 17.6. The van der Waals surface area contributed by atoms with E-state index >= 15 is 0 Å². The van der Waals surface area contributed by atoms with Crippen LogP contribution in [0.1, 0.15) is 50.8 Å². The van der Waals surface area contributed by atoms with E-state index in [9.17, 15) is 9.59 Å². The third-order valence-electron chi connectivity index (χ3n) is 5.17. The van der Waals surface area contributed by atoms with Crippen molar-refractivity contribution < 1.29 is 18.7 Å². The number of ether oxygens (including phenoxy) is 1. The van der Waals surface area contributed by atoms with Crippen LogP contribution in [0.15, 0.2) is 51.2 Å². The van der Waals surface area contributed by atoms with Crippen molar-refractivity contribution in [2.75, 3.05) is 13.2 Å². The predicted molar refractivity (Wildman–Crippen MR) is 117 cm³/mol. The van der Waals surface area contributed by atoms with E-state index in [1.54, 1.807) is 18.2 Å². The van der Waals surface area contributed by atoms with Crippen molar-refractivity contribution in [2.24, 2.45) is 4.99 Å². The van der Waals surface area contributed by atoms with Crippen LogP contribution in [0.25, 0.3) is 0 Å². The molecule has 1 atom stereocenters.